The summed E-state index contributed by atoms with van der Waals surface area (Å²) < 4.78 is 28.2. The first kappa shape index (κ1) is 20.3. The summed E-state index contributed by atoms with van der Waals surface area (Å²) in [5.74, 6) is 0.269. The van der Waals surface area contributed by atoms with Gasteiger partial charge in [-0.05, 0) is 75.9 Å². The van der Waals surface area contributed by atoms with E-state index in [9.17, 15) is 13.2 Å². The van der Waals surface area contributed by atoms with Crippen molar-refractivity contribution in [3.8, 4) is 0 Å². The molecule has 1 N–H and O–H groups in total. The van der Waals surface area contributed by atoms with E-state index in [1.807, 2.05) is 38.7 Å². The Morgan fingerprint density at radius 1 is 0.963 bits per heavy atom. The minimum Gasteiger partial charge on any atom is -0.340 e. The van der Waals surface area contributed by atoms with Crippen LogP contribution in [0.4, 0.5) is 0 Å². The van der Waals surface area contributed by atoms with Gasteiger partial charge in [0, 0.05) is 32.1 Å². The topological polar surface area (TPSA) is 69.7 Å². The Hall–Kier alpha value is -1.44. The van der Waals surface area contributed by atoms with Gasteiger partial charge < -0.3 is 10.2 Å². The van der Waals surface area contributed by atoms with Crippen LogP contribution in [-0.2, 0) is 14.8 Å². The summed E-state index contributed by atoms with van der Waals surface area (Å²) in [4.78, 5) is 15.0. The van der Waals surface area contributed by atoms with Crippen LogP contribution >= 0.6 is 0 Å². The summed E-state index contributed by atoms with van der Waals surface area (Å²) in [6.45, 7) is 11.1. The van der Waals surface area contributed by atoms with Crippen LogP contribution in [-0.4, -0.2) is 62.8 Å². The Bertz CT molecular complexity index is 795. The van der Waals surface area contributed by atoms with E-state index in [0.29, 0.717) is 31.1 Å². The highest BCUT2D eigenvalue weighted by atomic mass is 32.2. The van der Waals surface area contributed by atoms with E-state index in [1.165, 1.54) is 0 Å². The molecule has 150 valence electrons. The summed E-state index contributed by atoms with van der Waals surface area (Å²) in [5.41, 5.74) is 3.64. The Morgan fingerprint density at radius 3 is 2.00 bits per heavy atom. The second-order valence-electron chi connectivity index (χ2n) is 7.84. The summed E-state index contributed by atoms with van der Waals surface area (Å²) in [6, 6.07) is 2.04. The molecule has 0 spiro atoms. The Labute approximate surface area is 163 Å². The zero-order valence-electron chi connectivity index (χ0n) is 16.8. The highest BCUT2D eigenvalue weighted by molar-refractivity contribution is 7.89. The number of nitrogens with zero attached hydrogens (tertiary/aromatic N) is 2. The molecule has 0 saturated carbocycles. The third kappa shape index (κ3) is 3.91. The van der Waals surface area contributed by atoms with Gasteiger partial charge in [0.2, 0.25) is 15.9 Å². The molecule has 0 radical (unpaired) electrons. The average Bonchev–Trinajstić information content (AvgIpc) is 2.66. The highest BCUT2D eigenvalue weighted by Crippen LogP contribution is 2.29. The first-order valence-corrected chi connectivity index (χ1v) is 11.2. The number of aryl methyl sites for hydroxylation is 2. The van der Waals surface area contributed by atoms with Crippen molar-refractivity contribution in [2.75, 3.05) is 39.3 Å². The molecule has 0 aromatic heterocycles. The Balaban J connectivity index is 1.75. The molecular weight excluding hydrogens is 362 g/mol. The molecule has 0 bridgehead atoms. The van der Waals surface area contributed by atoms with Crippen molar-refractivity contribution in [2.45, 2.75) is 45.4 Å². The smallest absolute Gasteiger partial charge is 0.243 e. The molecule has 1 aromatic rings. The molecule has 2 aliphatic heterocycles. The number of piperidine rings is 1. The third-order valence-corrected chi connectivity index (χ3v) is 8.31. The van der Waals surface area contributed by atoms with Crippen molar-refractivity contribution in [2.24, 2.45) is 5.92 Å². The molecule has 2 fully saturated rings. The molecule has 0 aliphatic carbocycles. The Kier molecular flexibility index (Phi) is 5.93. The number of hydrogen-bond acceptors (Lipinski definition) is 4. The highest BCUT2D eigenvalue weighted by Gasteiger charge is 2.34. The van der Waals surface area contributed by atoms with Gasteiger partial charge in [0.15, 0.2) is 0 Å². The van der Waals surface area contributed by atoms with E-state index in [2.05, 4.69) is 5.32 Å². The number of rotatable bonds is 3. The lowest BCUT2D eigenvalue weighted by Gasteiger charge is -2.37. The Morgan fingerprint density at radius 2 is 1.48 bits per heavy atom. The van der Waals surface area contributed by atoms with Gasteiger partial charge in [-0.15, -0.1) is 0 Å². The maximum Gasteiger partial charge on any atom is 0.243 e. The molecule has 0 atom stereocenters. The van der Waals surface area contributed by atoms with Crippen molar-refractivity contribution in [1.82, 2.24) is 14.5 Å². The second-order valence-corrected chi connectivity index (χ2v) is 9.72. The van der Waals surface area contributed by atoms with Crippen molar-refractivity contribution < 1.29 is 13.2 Å². The number of hydrogen-bond donors (Lipinski definition) is 1. The van der Waals surface area contributed by atoms with Gasteiger partial charge in [-0.25, -0.2) is 8.42 Å². The monoisotopic (exact) mass is 393 g/mol. The lowest BCUT2D eigenvalue weighted by atomic mass is 9.96. The van der Waals surface area contributed by atoms with Crippen LogP contribution in [0, 0.1) is 33.6 Å². The van der Waals surface area contributed by atoms with E-state index in [-0.39, 0.29) is 11.8 Å². The van der Waals surface area contributed by atoms with E-state index < -0.39 is 10.0 Å². The van der Waals surface area contributed by atoms with Crippen molar-refractivity contribution in [3.05, 3.63) is 28.3 Å². The molecule has 2 saturated heterocycles. The van der Waals surface area contributed by atoms with Crippen molar-refractivity contribution in [3.63, 3.8) is 0 Å². The van der Waals surface area contributed by atoms with Crippen LogP contribution < -0.4 is 5.32 Å². The van der Waals surface area contributed by atoms with Gasteiger partial charge in [-0.1, -0.05) is 6.07 Å². The number of carbonyl (C=O) groups excluding carboxylic acids is 1. The number of carbonyl (C=O) groups is 1. The fourth-order valence-electron chi connectivity index (χ4n) is 4.17. The first-order chi connectivity index (χ1) is 12.7. The third-order valence-electron chi connectivity index (χ3n) is 6.13. The number of nitrogens with one attached hydrogen (secondary N) is 1. The van der Waals surface area contributed by atoms with Gasteiger partial charge >= 0.3 is 0 Å². The van der Waals surface area contributed by atoms with E-state index in [0.717, 1.165) is 48.2 Å². The van der Waals surface area contributed by atoms with Crippen LogP contribution in [0.1, 0.15) is 35.1 Å². The van der Waals surface area contributed by atoms with E-state index in [4.69, 9.17) is 0 Å². The molecular formula is C20H31N3O3S. The summed E-state index contributed by atoms with van der Waals surface area (Å²) in [7, 11) is -3.56. The van der Waals surface area contributed by atoms with Crippen molar-refractivity contribution in [1.29, 1.82) is 0 Å². The van der Waals surface area contributed by atoms with E-state index in [1.54, 1.807) is 4.31 Å². The predicted octanol–water partition coefficient (Wildman–Crippen LogP) is 1.75. The molecule has 1 aromatic carbocycles. The van der Waals surface area contributed by atoms with Crippen LogP contribution in [0.25, 0.3) is 0 Å². The molecule has 3 rings (SSSR count). The van der Waals surface area contributed by atoms with Gasteiger partial charge in [0.25, 0.3) is 0 Å². The lowest BCUT2D eigenvalue weighted by molar-refractivity contribution is -0.137. The van der Waals surface area contributed by atoms with Crippen molar-refractivity contribution >= 4 is 15.9 Å². The van der Waals surface area contributed by atoms with Crippen LogP contribution in [0.3, 0.4) is 0 Å². The molecule has 6 nitrogen and oxygen atoms in total. The number of amides is 1. The number of piperazine rings is 1. The van der Waals surface area contributed by atoms with Crippen LogP contribution in [0.15, 0.2) is 11.0 Å². The normalized spacial score (nSPS) is 20.1. The first-order valence-electron chi connectivity index (χ1n) is 9.80. The summed E-state index contributed by atoms with van der Waals surface area (Å²) >= 11 is 0. The van der Waals surface area contributed by atoms with Gasteiger partial charge in [0.1, 0.15) is 0 Å². The van der Waals surface area contributed by atoms with Crippen LogP contribution in [0.5, 0.6) is 0 Å². The molecule has 0 unspecified atom stereocenters. The molecule has 7 heteroatoms. The molecule has 27 heavy (non-hydrogen) atoms. The van der Waals surface area contributed by atoms with Crippen LogP contribution in [0.2, 0.25) is 0 Å². The quantitative estimate of drug-likeness (QED) is 0.849. The zero-order chi connectivity index (χ0) is 19.8. The SMILES string of the molecule is Cc1cc(C)c(C)c(S(=O)(=O)N2CCN(C(=O)C3CCNCC3)CC2)c1C. The zero-order valence-corrected chi connectivity index (χ0v) is 17.7. The fourth-order valence-corrected chi connectivity index (χ4v) is 6.17. The fraction of sp³-hybridized carbons (Fsp3) is 0.650. The number of benzene rings is 1. The maximum absolute atomic E-state index is 13.3. The van der Waals surface area contributed by atoms with E-state index >= 15 is 0 Å². The molecule has 2 aliphatic rings. The lowest BCUT2D eigenvalue weighted by Crippen LogP contribution is -2.52. The molecule has 2 heterocycles. The summed E-state index contributed by atoms with van der Waals surface area (Å²) in [6.07, 6.45) is 1.75. The molecule has 1 amide bonds. The minimum atomic E-state index is -3.56. The predicted molar refractivity (Wildman–Crippen MR) is 106 cm³/mol. The van der Waals surface area contributed by atoms with Gasteiger partial charge in [0.05, 0.1) is 4.90 Å². The maximum atomic E-state index is 13.3. The second kappa shape index (κ2) is 7.89. The number of sulfonamides is 1. The largest absolute Gasteiger partial charge is 0.340 e. The summed E-state index contributed by atoms with van der Waals surface area (Å²) in [5, 5.41) is 3.28. The minimum absolute atomic E-state index is 0.0818. The average molecular weight is 394 g/mol. The van der Waals surface area contributed by atoms with Gasteiger partial charge in [-0.3, -0.25) is 4.79 Å². The van der Waals surface area contributed by atoms with Gasteiger partial charge in [-0.2, -0.15) is 4.31 Å². The standard InChI is InChI=1S/C20H31N3O3S/c1-14-13-15(2)17(4)19(16(14)3)27(25,26)23-11-9-22(10-12-23)20(24)18-5-7-21-8-6-18/h13,18,21H,5-12H2,1-4H3.